The Morgan fingerprint density at radius 3 is 2.36 bits per heavy atom. The van der Waals surface area contributed by atoms with Crippen LogP contribution in [0.15, 0.2) is 67.0 Å². The van der Waals surface area contributed by atoms with Gasteiger partial charge in [0.2, 0.25) is 0 Å². The van der Waals surface area contributed by atoms with Crippen molar-refractivity contribution in [2.24, 2.45) is 0 Å². The summed E-state index contributed by atoms with van der Waals surface area (Å²) in [6.07, 6.45) is 3.26. The zero-order valence-electron chi connectivity index (χ0n) is 23.0. The third-order valence-corrected chi connectivity index (χ3v) is 6.51. The van der Waals surface area contributed by atoms with Crippen LogP contribution in [0.25, 0.3) is 5.52 Å². The van der Waals surface area contributed by atoms with Crippen LogP contribution >= 0.6 is 0 Å². The van der Waals surface area contributed by atoms with Gasteiger partial charge >= 0.3 is 6.03 Å². The minimum Gasteiger partial charge on any atom is -0.457 e. The molecule has 0 spiro atoms. The van der Waals surface area contributed by atoms with Crippen LogP contribution in [0.3, 0.4) is 0 Å². The number of anilines is 3. The van der Waals surface area contributed by atoms with Crippen molar-refractivity contribution < 1.29 is 9.53 Å². The molecule has 4 rings (SSSR count). The standard InChI is InChI=1S/C30H35N7O2/c1-20(2)36(21(3)4)16-15-32-30(38)35-27-19-37-29(22(27)5)28(23(17-31)18-33-37)34-24-11-13-26(14-12-24)39-25-9-7-6-8-10-25/h6-14,18-21,34H,15-16H2,1-5H3,(H2,32,35,38). The van der Waals surface area contributed by atoms with Crippen molar-refractivity contribution >= 4 is 28.6 Å². The van der Waals surface area contributed by atoms with Crippen LogP contribution in [0.1, 0.15) is 38.8 Å². The largest absolute Gasteiger partial charge is 0.457 e. The lowest BCUT2D eigenvalue weighted by molar-refractivity contribution is 0.176. The first-order valence-electron chi connectivity index (χ1n) is 13.1. The van der Waals surface area contributed by atoms with Crippen LogP contribution in [-0.2, 0) is 0 Å². The molecular formula is C30H35N7O2. The first-order valence-corrected chi connectivity index (χ1v) is 13.1. The fraction of sp³-hybridized carbons (Fsp3) is 0.300. The van der Waals surface area contributed by atoms with Crippen molar-refractivity contribution in [1.82, 2.24) is 19.8 Å². The summed E-state index contributed by atoms with van der Waals surface area (Å²) in [6, 6.07) is 19.8. The highest BCUT2D eigenvalue weighted by molar-refractivity contribution is 5.94. The maximum Gasteiger partial charge on any atom is 0.319 e. The molecule has 2 heterocycles. The summed E-state index contributed by atoms with van der Waals surface area (Å²) in [4.78, 5) is 15.0. The molecule has 2 aromatic carbocycles. The fourth-order valence-corrected chi connectivity index (χ4v) is 4.58. The van der Waals surface area contributed by atoms with Gasteiger partial charge in [0.25, 0.3) is 0 Å². The van der Waals surface area contributed by atoms with E-state index >= 15 is 0 Å². The third kappa shape index (κ3) is 6.67. The molecule has 2 aromatic heterocycles. The Kier molecular flexibility index (Phi) is 8.69. The number of nitriles is 1. The molecule has 9 nitrogen and oxygen atoms in total. The van der Waals surface area contributed by atoms with Crippen molar-refractivity contribution in [3.8, 4) is 17.6 Å². The molecule has 0 aliphatic heterocycles. The van der Waals surface area contributed by atoms with Crippen molar-refractivity contribution in [2.75, 3.05) is 23.7 Å². The summed E-state index contributed by atoms with van der Waals surface area (Å²) in [5.41, 5.74) is 3.92. The maximum atomic E-state index is 12.7. The van der Waals surface area contributed by atoms with Gasteiger partial charge in [-0.15, -0.1) is 0 Å². The molecule has 0 fully saturated rings. The average molecular weight is 526 g/mol. The van der Waals surface area contributed by atoms with Gasteiger partial charge in [0, 0.05) is 36.4 Å². The number of rotatable bonds is 10. The number of ether oxygens (including phenoxy) is 1. The van der Waals surface area contributed by atoms with Gasteiger partial charge < -0.3 is 20.7 Å². The molecule has 0 aliphatic carbocycles. The number of aromatic nitrogens is 2. The first kappa shape index (κ1) is 27.5. The molecule has 0 bridgehead atoms. The van der Waals surface area contributed by atoms with E-state index in [1.54, 1.807) is 10.7 Å². The highest BCUT2D eigenvalue weighted by Crippen LogP contribution is 2.33. The number of nitrogens with zero attached hydrogens (tertiary/aromatic N) is 4. The molecule has 2 amide bonds. The molecule has 0 unspecified atom stereocenters. The molecule has 0 saturated carbocycles. The molecule has 0 atom stereocenters. The minimum atomic E-state index is -0.287. The van der Waals surface area contributed by atoms with Crippen molar-refractivity contribution in [1.29, 1.82) is 5.26 Å². The molecule has 202 valence electrons. The Morgan fingerprint density at radius 2 is 1.72 bits per heavy atom. The Bertz CT molecular complexity index is 1450. The number of hydrogen-bond donors (Lipinski definition) is 3. The predicted octanol–water partition coefficient (Wildman–Crippen LogP) is 6.29. The van der Waals surface area contributed by atoms with Crippen LogP contribution in [-0.4, -0.2) is 45.7 Å². The Balaban J connectivity index is 1.49. The lowest BCUT2D eigenvalue weighted by Crippen LogP contribution is -2.43. The van der Waals surface area contributed by atoms with Gasteiger partial charge in [0.05, 0.1) is 34.8 Å². The molecule has 4 aromatic rings. The monoisotopic (exact) mass is 525 g/mol. The van der Waals surface area contributed by atoms with E-state index in [0.717, 1.165) is 23.5 Å². The second-order valence-corrected chi connectivity index (χ2v) is 9.88. The topological polar surface area (TPSA) is 107 Å². The number of hydrogen-bond acceptors (Lipinski definition) is 6. The quantitative estimate of drug-likeness (QED) is 0.225. The zero-order valence-corrected chi connectivity index (χ0v) is 23.0. The van der Waals surface area contributed by atoms with Crippen LogP contribution in [0.5, 0.6) is 11.5 Å². The molecule has 39 heavy (non-hydrogen) atoms. The summed E-state index contributed by atoms with van der Waals surface area (Å²) >= 11 is 0. The smallest absolute Gasteiger partial charge is 0.319 e. The molecule has 0 radical (unpaired) electrons. The highest BCUT2D eigenvalue weighted by Gasteiger charge is 2.18. The predicted molar refractivity (Wildman–Crippen MR) is 155 cm³/mol. The van der Waals surface area contributed by atoms with Gasteiger partial charge in [-0.1, -0.05) is 18.2 Å². The molecule has 3 N–H and O–H groups in total. The van der Waals surface area contributed by atoms with Gasteiger partial charge in [-0.05, 0) is 71.0 Å². The normalized spacial score (nSPS) is 11.2. The van der Waals surface area contributed by atoms with Crippen molar-refractivity contribution in [2.45, 2.75) is 46.7 Å². The van der Waals surface area contributed by atoms with Crippen LogP contribution in [0, 0.1) is 18.3 Å². The molecule has 0 saturated heterocycles. The van der Waals surface area contributed by atoms with E-state index in [9.17, 15) is 10.1 Å². The van der Waals surface area contributed by atoms with E-state index in [0.29, 0.717) is 46.8 Å². The Morgan fingerprint density at radius 1 is 1.05 bits per heavy atom. The van der Waals surface area contributed by atoms with Gasteiger partial charge in [-0.3, -0.25) is 4.90 Å². The van der Waals surface area contributed by atoms with E-state index in [2.05, 4.69) is 59.7 Å². The molecule has 9 heteroatoms. The number of nitrogens with one attached hydrogen (secondary N) is 3. The number of para-hydroxylation sites is 1. The first-order chi connectivity index (χ1) is 18.8. The van der Waals surface area contributed by atoms with Crippen molar-refractivity contribution in [3.63, 3.8) is 0 Å². The summed E-state index contributed by atoms with van der Waals surface area (Å²) < 4.78 is 7.55. The summed E-state index contributed by atoms with van der Waals surface area (Å²) in [7, 11) is 0. The van der Waals surface area contributed by atoms with Crippen LogP contribution in [0.2, 0.25) is 0 Å². The Hall–Kier alpha value is -4.55. The number of amides is 2. The number of aryl methyl sites for hydroxylation is 1. The SMILES string of the molecule is Cc1c(NC(=O)NCCN(C(C)C)C(C)C)cn2ncc(C#N)c(Nc3ccc(Oc4ccccc4)cc3)c12. The average Bonchev–Trinajstić information content (AvgIpc) is 3.23. The number of carbonyl (C=O) groups is 1. The van der Waals surface area contributed by atoms with Gasteiger partial charge in [0.15, 0.2) is 0 Å². The maximum absolute atomic E-state index is 12.7. The third-order valence-electron chi connectivity index (χ3n) is 6.51. The zero-order chi connectivity index (χ0) is 27.9. The summed E-state index contributed by atoms with van der Waals surface area (Å²) in [5, 5.41) is 23.4. The van der Waals surface area contributed by atoms with E-state index in [1.807, 2.05) is 61.5 Å². The summed E-state index contributed by atoms with van der Waals surface area (Å²) in [6.45, 7) is 11.8. The van der Waals surface area contributed by atoms with E-state index < -0.39 is 0 Å². The van der Waals surface area contributed by atoms with Crippen LogP contribution < -0.4 is 20.7 Å². The highest BCUT2D eigenvalue weighted by atomic mass is 16.5. The second-order valence-electron chi connectivity index (χ2n) is 9.88. The lowest BCUT2D eigenvalue weighted by atomic mass is 10.1. The number of carbonyl (C=O) groups excluding carboxylic acids is 1. The van der Waals surface area contributed by atoms with E-state index in [-0.39, 0.29) is 6.03 Å². The van der Waals surface area contributed by atoms with Crippen LogP contribution in [0.4, 0.5) is 21.9 Å². The van der Waals surface area contributed by atoms with Gasteiger partial charge in [0.1, 0.15) is 17.6 Å². The van der Waals surface area contributed by atoms with Crippen molar-refractivity contribution in [3.05, 3.63) is 78.1 Å². The molecular weight excluding hydrogens is 490 g/mol. The van der Waals surface area contributed by atoms with Gasteiger partial charge in [-0.2, -0.15) is 10.4 Å². The number of urea groups is 1. The number of benzene rings is 2. The number of fused-ring (bicyclic) bond motifs is 1. The van der Waals surface area contributed by atoms with E-state index in [1.165, 1.54) is 6.20 Å². The lowest BCUT2D eigenvalue weighted by Gasteiger charge is -2.30. The van der Waals surface area contributed by atoms with Gasteiger partial charge in [-0.25, -0.2) is 9.31 Å². The Labute approximate surface area is 229 Å². The summed E-state index contributed by atoms with van der Waals surface area (Å²) in [5.74, 6) is 1.46. The fourth-order valence-electron chi connectivity index (χ4n) is 4.58. The molecule has 0 aliphatic rings. The second kappa shape index (κ2) is 12.3. The van der Waals surface area contributed by atoms with E-state index in [4.69, 9.17) is 4.74 Å². The minimum absolute atomic E-state index is 0.287.